The Morgan fingerprint density at radius 3 is 2.32 bits per heavy atom. The van der Waals surface area contributed by atoms with E-state index in [1.807, 2.05) is 35.2 Å². The molecule has 0 unspecified atom stereocenters. The third kappa shape index (κ3) is 5.48. The first-order valence-corrected chi connectivity index (χ1v) is 10.4. The molecule has 0 bridgehead atoms. The summed E-state index contributed by atoms with van der Waals surface area (Å²) in [5.74, 6) is -0.817. The molecule has 1 saturated heterocycles. The summed E-state index contributed by atoms with van der Waals surface area (Å²) in [7, 11) is -3.51. The average Bonchev–Trinajstić information content (AvgIpc) is 2.69. The normalized spacial score (nSPS) is 16.3. The van der Waals surface area contributed by atoms with Crippen LogP contribution in [0.25, 0.3) is 6.08 Å². The van der Waals surface area contributed by atoms with Gasteiger partial charge in [0.15, 0.2) is 0 Å². The topological polar surface area (TPSA) is 69.7 Å². The second-order valence-electron chi connectivity index (χ2n) is 6.46. The van der Waals surface area contributed by atoms with Crippen molar-refractivity contribution in [3.8, 4) is 0 Å². The Hall–Kier alpha value is -2.55. The Morgan fingerprint density at radius 1 is 1.00 bits per heavy atom. The Morgan fingerprint density at radius 2 is 1.64 bits per heavy atom. The van der Waals surface area contributed by atoms with Crippen LogP contribution >= 0.6 is 0 Å². The molecule has 1 aliphatic rings. The quantitative estimate of drug-likeness (QED) is 0.804. The van der Waals surface area contributed by atoms with Crippen molar-refractivity contribution in [1.82, 2.24) is 9.21 Å². The zero-order valence-corrected chi connectivity index (χ0v) is 16.1. The highest BCUT2D eigenvalue weighted by molar-refractivity contribution is 7.92. The lowest BCUT2D eigenvalue weighted by Gasteiger charge is -2.32. The van der Waals surface area contributed by atoms with Gasteiger partial charge in [0, 0.05) is 31.6 Å². The molecule has 2 aromatic carbocycles. The second kappa shape index (κ2) is 9.09. The molecule has 148 valence electrons. The lowest BCUT2D eigenvalue weighted by Crippen LogP contribution is -2.49. The smallest absolute Gasteiger partial charge is 0.238 e. The third-order valence-electron chi connectivity index (χ3n) is 4.44. The van der Waals surface area contributed by atoms with Crippen LogP contribution in [0.15, 0.2) is 60.0 Å². The Kier molecular flexibility index (Phi) is 6.56. The molecule has 0 atom stereocenters. The van der Waals surface area contributed by atoms with Crippen molar-refractivity contribution < 1.29 is 17.6 Å². The van der Waals surface area contributed by atoms with Crippen molar-refractivity contribution in [3.05, 3.63) is 71.4 Å². The predicted molar refractivity (Wildman–Crippen MR) is 107 cm³/mol. The van der Waals surface area contributed by atoms with E-state index in [9.17, 15) is 17.6 Å². The Balaban J connectivity index is 1.50. The van der Waals surface area contributed by atoms with Gasteiger partial charge in [-0.3, -0.25) is 9.69 Å². The number of amides is 1. The second-order valence-corrected chi connectivity index (χ2v) is 8.28. The number of hydrogen-bond donors (Lipinski definition) is 1. The first-order chi connectivity index (χ1) is 13.4. The number of rotatable bonds is 6. The number of hydrogen-bond acceptors (Lipinski definition) is 4. The first kappa shape index (κ1) is 20.2. The van der Waals surface area contributed by atoms with Gasteiger partial charge in [0.05, 0.1) is 12.2 Å². The van der Waals surface area contributed by atoms with Crippen LogP contribution < -0.4 is 5.32 Å². The average molecular weight is 403 g/mol. The van der Waals surface area contributed by atoms with Crippen LogP contribution in [0.5, 0.6) is 0 Å². The SMILES string of the molecule is O=C(CN1CCN(S(=O)(=O)/C=C/c2ccccc2)CC1)Nc1ccccc1F. The van der Waals surface area contributed by atoms with E-state index in [4.69, 9.17) is 0 Å². The number of piperazine rings is 1. The van der Waals surface area contributed by atoms with Crippen molar-refractivity contribution in [3.63, 3.8) is 0 Å². The minimum Gasteiger partial charge on any atom is -0.322 e. The number of carbonyl (C=O) groups is 1. The minimum atomic E-state index is -3.51. The predicted octanol–water partition coefficient (Wildman–Crippen LogP) is 2.38. The molecule has 1 fully saturated rings. The number of benzene rings is 2. The largest absolute Gasteiger partial charge is 0.322 e. The number of para-hydroxylation sites is 1. The highest BCUT2D eigenvalue weighted by Gasteiger charge is 2.26. The Bertz CT molecular complexity index is 940. The van der Waals surface area contributed by atoms with E-state index in [0.29, 0.717) is 26.2 Å². The van der Waals surface area contributed by atoms with Gasteiger partial charge in [0.1, 0.15) is 5.82 Å². The summed E-state index contributed by atoms with van der Waals surface area (Å²) in [5, 5.41) is 3.75. The third-order valence-corrected chi connectivity index (χ3v) is 6.00. The number of nitrogens with one attached hydrogen (secondary N) is 1. The molecule has 1 aliphatic heterocycles. The summed E-state index contributed by atoms with van der Waals surface area (Å²) in [4.78, 5) is 14.0. The van der Waals surface area contributed by atoms with E-state index in [2.05, 4.69) is 5.32 Å². The molecule has 0 saturated carbocycles. The van der Waals surface area contributed by atoms with Crippen molar-refractivity contribution >= 4 is 27.7 Å². The molecule has 28 heavy (non-hydrogen) atoms. The molecule has 1 amide bonds. The molecule has 3 rings (SSSR count). The van der Waals surface area contributed by atoms with Gasteiger partial charge >= 0.3 is 0 Å². The van der Waals surface area contributed by atoms with Gasteiger partial charge < -0.3 is 5.32 Å². The van der Waals surface area contributed by atoms with E-state index in [-0.39, 0.29) is 18.1 Å². The van der Waals surface area contributed by atoms with Crippen LogP contribution in [0, 0.1) is 5.82 Å². The highest BCUT2D eigenvalue weighted by Crippen LogP contribution is 2.14. The molecular weight excluding hydrogens is 381 g/mol. The maximum Gasteiger partial charge on any atom is 0.238 e. The van der Waals surface area contributed by atoms with Crippen LogP contribution in [0.4, 0.5) is 10.1 Å². The van der Waals surface area contributed by atoms with E-state index in [1.165, 1.54) is 21.8 Å². The number of nitrogens with zero attached hydrogens (tertiary/aromatic N) is 2. The van der Waals surface area contributed by atoms with E-state index >= 15 is 0 Å². The maximum atomic E-state index is 13.6. The molecule has 1 heterocycles. The lowest BCUT2D eigenvalue weighted by molar-refractivity contribution is -0.117. The number of halogens is 1. The fraction of sp³-hybridized carbons (Fsp3) is 0.250. The summed E-state index contributed by atoms with van der Waals surface area (Å²) in [6.07, 6.45) is 1.57. The highest BCUT2D eigenvalue weighted by atomic mass is 32.2. The molecule has 0 aliphatic carbocycles. The molecule has 0 spiro atoms. The summed E-state index contributed by atoms with van der Waals surface area (Å²) in [6.45, 7) is 1.55. The van der Waals surface area contributed by atoms with E-state index in [1.54, 1.807) is 18.2 Å². The van der Waals surface area contributed by atoms with E-state index in [0.717, 1.165) is 5.56 Å². The molecule has 8 heteroatoms. The molecular formula is C20H22FN3O3S. The minimum absolute atomic E-state index is 0.0854. The van der Waals surface area contributed by atoms with Crippen molar-refractivity contribution in [2.45, 2.75) is 0 Å². The molecule has 2 aromatic rings. The van der Waals surface area contributed by atoms with Crippen LogP contribution in [0.3, 0.4) is 0 Å². The monoisotopic (exact) mass is 403 g/mol. The summed E-state index contributed by atoms with van der Waals surface area (Å²) < 4.78 is 39.9. The van der Waals surface area contributed by atoms with Crippen LogP contribution in [0.1, 0.15) is 5.56 Å². The van der Waals surface area contributed by atoms with Crippen molar-refractivity contribution in [2.24, 2.45) is 0 Å². The van der Waals surface area contributed by atoms with Crippen molar-refractivity contribution in [2.75, 3.05) is 38.0 Å². The first-order valence-electron chi connectivity index (χ1n) is 8.94. The zero-order chi connectivity index (χ0) is 20.0. The standard InChI is InChI=1S/C20H22FN3O3S/c21-18-8-4-5-9-19(18)22-20(25)16-23-11-13-24(14-12-23)28(26,27)15-10-17-6-2-1-3-7-17/h1-10,15H,11-14,16H2,(H,22,25)/b15-10+. The number of anilines is 1. The van der Waals surface area contributed by atoms with Gasteiger partial charge in [-0.1, -0.05) is 42.5 Å². The van der Waals surface area contributed by atoms with Crippen LogP contribution in [-0.2, 0) is 14.8 Å². The van der Waals surface area contributed by atoms with Crippen LogP contribution in [0.2, 0.25) is 0 Å². The zero-order valence-electron chi connectivity index (χ0n) is 15.3. The van der Waals surface area contributed by atoms with Gasteiger partial charge in [0.25, 0.3) is 0 Å². The fourth-order valence-corrected chi connectivity index (χ4v) is 4.09. The molecule has 6 nitrogen and oxygen atoms in total. The van der Waals surface area contributed by atoms with Gasteiger partial charge in [-0.05, 0) is 23.8 Å². The van der Waals surface area contributed by atoms with Gasteiger partial charge in [-0.2, -0.15) is 4.31 Å². The maximum absolute atomic E-state index is 13.6. The summed E-state index contributed by atoms with van der Waals surface area (Å²) in [6, 6.07) is 15.2. The van der Waals surface area contributed by atoms with Gasteiger partial charge in [-0.15, -0.1) is 0 Å². The van der Waals surface area contributed by atoms with Gasteiger partial charge in [0.2, 0.25) is 15.9 Å². The fourth-order valence-electron chi connectivity index (χ4n) is 2.91. The van der Waals surface area contributed by atoms with Crippen molar-refractivity contribution in [1.29, 1.82) is 0 Å². The van der Waals surface area contributed by atoms with E-state index < -0.39 is 15.8 Å². The van der Waals surface area contributed by atoms with Gasteiger partial charge in [-0.25, -0.2) is 12.8 Å². The Labute approximate surface area is 164 Å². The molecule has 0 radical (unpaired) electrons. The number of sulfonamides is 1. The number of carbonyl (C=O) groups excluding carboxylic acids is 1. The summed E-state index contributed by atoms with van der Waals surface area (Å²) >= 11 is 0. The lowest BCUT2D eigenvalue weighted by atomic mass is 10.2. The van der Waals surface area contributed by atoms with Crippen LogP contribution in [-0.4, -0.2) is 56.3 Å². The summed E-state index contributed by atoms with van der Waals surface area (Å²) in [5.41, 5.74) is 0.953. The molecule has 0 aromatic heterocycles. The molecule has 1 N–H and O–H groups in total.